The minimum Gasteiger partial charge on any atom is -0.497 e. The molecule has 0 aliphatic carbocycles. The molecule has 2 heterocycles. The second kappa shape index (κ2) is 10.3. The number of carbonyl (C=O) groups excluding carboxylic acids is 1. The Morgan fingerprint density at radius 1 is 1.09 bits per heavy atom. The van der Waals surface area contributed by atoms with E-state index in [-0.39, 0.29) is 29.8 Å². The molecular formula is C23H28N6O4S. The molecule has 1 amide bonds. The summed E-state index contributed by atoms with van der Waals surface area (Å²) >= 11 is 1.27. The summed E-state index contributed by atoms with van der Waals surface area (Å²) in [4.78, 5) is 19.4. The predicted molar refractivity (Wildman–Crippen MR) is 134 cm³/mol. The fourth-order valence-corrected chi connectivity index (χ4v) is 4.75. The number of hydrogen-bond donors (Lipinski definition) is 4. The monoisotopic (exact) mass is 484 g/mol. The van der Waals surface area contributed by atoms with E-state index in [9.17, 15) is 4.79 Å². The normalized spacial score (nSPS) is 21.5. The van der Waals surface area contributed by atoms with Gasteiger partial charge in [0.15, 0.2) is 5.17 Å². The van der Waals surface area contributed by atoms with Crippen LogP contribution in [0.15, 0.2) is 47.5 Å². The number of amidine groups is 2. The molecule has 0 spiro atoms. The molecule has 2 aromatic carbocycles. The number of nitrogens with one attached hydrogen (secondary N) is 4. The molecule has 180 valence electrons. The van der Waals surface area contributed by atoms with Crippen LogP contribution >= 0.6 is 11.8 Å². The smallest absolute Gasteiger partial charge is 0.234 e. The van der Waals surface area contributed by atoms with Gasteiger partial charge in [0.05, 0.1) is 38.7 Å². The van der Waals surface area contributed by atoms with Crippen LogP contribution in [0.2, 0.25) is 0 Å². The van der Waals surface area contributed by atoms with Crippen LogP contribution in [0.1, 0.15) is 6.92 Å². The molecule has 0 saturated carbocycles. The number of ether oxygens (including phenoxy) is 3. The van der Waals surface area contributed by atoms with Crippen molar-refractivity contribution in [3.8, 4) is 17.2 Å². The molecule has 4 rings (SSSR count). The highest BCUT2D eigenvalue weighted by Gasteiger charge is 2.43. The van der Waals surface area contributed by atoms with Crippen LogP contribution in [0.4, 0.5) is 11.4 Å². The van der Waals surface area contributed by atoms with Gasteiger partial charge in [0, 0.05) is 17.8 Å². The van der Waals surface area contributed by atoms with E-state index in [1.54, 1.807) is 37.3 Å². The molecule has 0 radical (unpaired) electrons. The topological polar surface area (TPSA) is 120 Å². The van der Waals surface area contributed by atoms with E-state index in [0.717, 1.165) is 11.4 Å². The molecule has 2 aliphatic heterocycles. The number of benzene rings is 2. The zero-order valence-corrected chi connectivity index (χ0v) is 20.2. The first-order chi connectivity index (χ1) is 16.4. The van der Waals surface area contributed by atoms with Gasteiger partial charge in [-0.1, -0.05) is 11.8 Å². The van der Waals surface area contributed by atoms with Gasteiger partial charge in [0.1, 0.15) is 29.2 Å². The third-order valence-corrected chi connectivity index (χ3v) is 6.63. The Morgan fingerprint density at radius 3 is 2.47 bits per heavy atom. The SMILES string of the molecule is COc1ccc(N2C(=N)C3C(C)NNC3N=C2SCC(=O)Nc2ccc(OC)cc2OC)cc1. The molecule has 10 nitrogen and oxygen atoms in total. The number of fused-ring (bicyclic) bond motifs is 1. The Kier molecular flexibility index (Phi) is 7.25. The van der Waals surface area contributed by atoms with Crippen molar-refractivity contribution in [3.63, 3.8) is 0 Å². The van der Waals surface area contributed by atoms with E-state index < -0.39 is 0 Å². The second-order valence-corrected chi connectivity index (χ2v) is 8.72. The molecule has 11 heteroatoms. The van der Waals surface area contributed by atoms with Crippen LogP contribution < -0.4 is 35.3 Å². The van der Waals surface area contributed by atoms with E-state index in [1.807, 2.05) is 31.2 Å². The molecule has 0 bridgehead atoms. The first-order valence-electron chi connectivity index (χ1n) is 10.7. The van der Waals surface area contributed by atoms with Crippen LogP contribution in [0.3, 0.4) is 0 Å². The number of aliphatic imine (C=N–C) groups is 1. The van der Waals surface area contributed by atoms with E-state index in [4.69, 9.17) is 24.6 Å². The minimum atomic E-state index is -0.274. The number of methoxy groups -OCH3 is 3. The quantitative estimate of drug-likeness (QED) is 0.474. The van der Waals surface area contributed by atoms with Crippen LogP contribution in [0, 0.1) is 11.3 Å². The van der Waals surface area contributed by atoms with Gasteiger partial charge in [-0.2, -0.15) is 0 Å². The van der Waals surface area contributed by atoms with Gasteiger partial charge < -0.3 is 19.5 Å². The number of hydrazine groups is 1. The maximum absolute atomic E-state index is 12.8. The summed E-state index contributed by atoms with van der Waals surface area (Å²) < 4.78 is 15.8. The molecule has 0 aromatic heterocycles. The molecular weight excluding hydrogens is 456 g/mol. The second-order valence-electron chi connectivity index (χ2n) is 7.78. The zero-order chi connectivity index (χ0) is 24.2. The highest BCUT2D eigenvalue weighted by molar-refractivity contribution is 8.14. The van der Waals surface area contributed by atoms with E-state index in [0.29, 0.717) is 28.2 Å². The fourth-order valence-electron chi connectivity index (χ4n) is 3.90. The van der Waals surface area contributed by atoms with Crippen molar-refractivity contribution < 1.29 is 19.0 Å². The van der Waals surface area contributed by atoms with Gasteiger partial charge in [-0.3, -0.25) is 20.5 Å². The van der Waals surface area contributed by atoms with Crippen molar-refractivity contribution in [1.29, 1.82) is 5.41 Å². The summed E-state index contributed by atoms with van der Waals surface area (Å²) in [6.07, 6.45) is -0.274. The average Bonchev–Trinajstić information content (AvgIpc) is 3.23. The highest BCUT2D eigenvalue weighted by Crippen LogP contribution is 2.33. The third kappa shape index (κ3) is 4.81. The van der Waals surface area contributed by atoms with Crippen LogP contribution in [0.25, 0.3) is 0 Å². The van der Waals surface area contributed by atoms with Gasteiger partial charge in [-0.25, -0.2) is 10.4 Å². The van der Waals surface area contributed by atoms with Crippen LogP contribution in [0.5, 0.6) is 17.2 Å². The average molecular weight is 485 g/mol. The van der Waals surface area contributed by atoms with Crippen LogP contribution in [-0.4, -0.2) is 56.2 Å². The number of carbonyl (C=O) groups is 1. The maximum atomic E-state index is 12.8. The Hall–Kier alpha value is -3.28. The number of amides is 1. The zero-order valence-electron chi connectivity index (χ0n) is 19.4. The summed E-state index contributed by atoms with van der Waals surface area (Å²) in [5, 5.41) is 12.4. The molecule has 3 unspecified atom stereocenters. The molecule has 34 heavy (non-hydrogen) atoms. The summed E-state index contributed by atoms with van der Waals surface area (Å²) in [7, 11) is 4.72. The summed E-state index contributed by atoms with van der Waals surface area (Å²) in [5.41, 5.74) is 7.64. The lowest BCUT2D eigenvalue weighted by Gasteiger charge is -2.35. The molecule has 3 atom stereocenters. The lowest BCUT2D eigenvalue weighted by atomic mass is 9.97. The van der Waals surface area contributed by atoms with Crippen molar-refractivity contribution >= 4 is 40.0 Å². The van der Waals surface area contributed by atoms with Crippen molar-refractivity contribution in [2.75, 3.05) is 37.3 Å². The molecule has 4 N–H and O–H groups in total. The Balaban J connectivity index is 1.53. The van der Waals surface area contributed by atoms with Gasteiger partial charge >= 0.3 is 0 Å². The first kappa shape index (κ1) is 23.9. The van der Waals surface area contributed by atoms with E-state index in [1.165, 1.54) is 18.9 Å². The number of anilines is 2. The number of nitrogens with zero attached hydrogens (tertiary/aromatic N) is 2. The molecule has 2 aromatic rings. The Morgan fingerprint density at radius 2 is 1.79 bits per heavy atom. The van der Waals surface area contributed by atoms with Crippen molar-refractivity contribution in [3.05, 3.63) is 42.5 Å². The maximum Gasteiger partial charge on any atom is 0.234 e. The molecule has 2 aliphatic rings. The summed E-state index contributed by atoms with van der Waals surface area (Å²) in [5.74, 6) is 2.03. The fraction of sp³-hybridized carbons (Fsp3) is 0.348. The van der Waals surface area contributed by atoms with Gasteiger partial charge in [-0.15, -0.1) is 0 Å². The van der Waals surface area contributed by atoms with Crippen molar-refractivity contribution in [2.45, 2.75) is 19.1 Å². The largest absolute Gasteiger partial charge is 0.497 e. The number of hydrogen-bond acceptors (Lipinski definition) is 9. The van der Waals surface area contributed by atoms with Crippen molar-refractivity contribution in [2.24, 2.45) is 10.9 Å². The Labute approximate surface area is 202 Å². The third-order valence-electron chi connectivity index (χ3n) is 5.68. The molecule has 1 saturated heterocycles. The summed E-state index contributed by atoms with van der Waals surface area (Å²) in [6, 6.07) is 12.7. The minimum absolute atomic E-state index is 0.0411. The van der Waals surface area contributed by atoms with Gasteiger partial charge in [-0.05, 0) is 43.3 Å². The van der Waals surface area contributed by atoms with E-state index in [2.05, 4.69) is 16.2 Å². The van der Waals surface area contributed by atoms with Crippen molar-refractivity contribution in [1.82, 2.24) is 10.9 Å². The van der Waals surface area contributed by atoms with Gasteiger partial charge in [0.25, 0.3) is 0 Å². The Bertz CT molecular complexity index is 1090. The lowest BCUT2D eigenvalue weighted by Crippen LogP contribution is -2.50. The summed E-state index contributed by atoms with van der Waals surface area (Å²) in [6.45, 7) is 2.02. The molecule has 1 fully saturated rings. The van der Waals surface area contributed by atoms with E-state index >= 15 is 0 Å². The standard InChI is InChI=1S/C23H28N6O4S/c1-13-20-21(24)29(14-5-7-15(31-2)8-6-14)23(26-22(20)28-27-13)34-12-19(30)25-17-10-9-16(32-3)11-18(17)33-4/h5-11,13,20,22,24,27-28H,12H2,1-4H3,(H,25,30). The number of rotatable bonds is 7. The highest BCUT2D eigenvalue weighted by atomic mass is 32.2. The first-order valence-corrected chi connectivity index (χ1v) is 11.7. The number of thioether (sulfide) groups is 1. The lowest BCUT2D eigenvalue weighted by molar-refractivity contribution is -0.113. The predicted octanol–water partition coefficient (Wildman–Crippen LogP) is 2.68. The van der Waals surface area contributed by atoms with Crippen LogP contribution in [-0.2, 0) is 4.79 Å². The van der Waals surface area contributed by atoms with Gasteiger partial charge in [0.2, 0.25) is 5.91 Å².